The van der Waals surface area contributed by atoms with Crippen LogP contribution in [0.2, 0.25) is 0 Å². The number of carbonyl (C=O) groups is 1. The van der Waals surface area contributed by atoms with Crippen LogP contribution in [0.1, 0.15) is 43.6 Å². The summed E-state index contributed by atoms with van der Waals surface area (Å²) < 4.78 is 27.1. The van der Waals surface area contributed by atoms with E-state index in [0.29, 0.717) is 17.7 Å². The number of sulfonamides is 1. The number of benzene rings is 1. The number of rotatable bonds is 4. The minimum absolute atomic E-state index is 0.0490. The number of carbonyl (C=O) groups excluding carboxylic acids is 1. The fourth-order valence-corrected chi connectivity index (χ4v) is 4.45. The van der Waals surface area contributed by atoms with E-state index in [0.717, 1.165) is 13.1 Å². The van der Waals surface area contributed by atoms with E-state index in [1.165, 1.54) is 0 Å². The van der Waals surface area contributed by atoms with Gasteiger partial charge in [-0.1, -0.05) is 12.1 Å². The lowest BCUT2D eigenvalue weighted by molar-refractivity contribution is 0.0655. The Balaban J connectivity index is 2.15. The molecule has 1 atom stereocenters. The van der Waals surface area contributed by atoms with Crippen molar-refractivity contribution in [3.05, 3.63) is 35.4 Å². The van der Waals surface area contributed by atoms with Crippen molar-refractivity contribution in [3.63, 3.8) is 0 Å². The van der Waals surface area contributed by atoms with Gasteiger partial charge in [0.15, 0.2) is 0 Å². The predicted octanol–water partition coefficient (Wildman–Crippen LogP) is 1.34. The third-order valence-electron chi connectivity index (χ3n) is 3.75. The molecule has 1 aromatic carbocycles. The Bertz CT molecular complexity index is 695. The van der Waals surface area contributed by atoms with Crippen molar-refractivity contribution in [2.24, 2.45) is 0 Å². The second kappa shape index (κ2) is 7.21. The van der Waals surface area contributed by atoms with Gasteiger partial charge in [-0.15, -0.1) is 0 Å². The van der Waals surface area contributed by atoms with Crippen molar-refractivity contribution in [2.45, 2.75) is 45.0 Å². The van der Waals surface area contributed by atoms with Crippen molar-refractivity contribution in [1.82, 2.24) is 14.9 Å². The molecule has 1 saturated heterocycles. The zero-order valence-electron chi connectivity index (χ0n) is 14.8. The molecule has 7 heteroatoms. The first-order valence-corrected chi connectivity index (χ1v) is 9.85. The molecular formula is C17H27N3O3S. The monoisotopic (exact) mass is 353 g/mol. The van der Waals surface area contributed by atoms with Crippen LogP contribution in [0.5, 0.6) is 0 Å². The third kappa shape index (κ3) is 5.29. The van der Waals surface area contributed by atoms with Crippen molar-refractivity contribution in [3.8, 4) is 0 Å². The first kappa shape index (κ1) is 18.9. The molecular weight excluding hydrogens is 326 g/mol. The normalized spacial score (nSPS) is 19.3. The van der Waals surface area contributed by atoms with E-state index in [1.54, 1.807) is 45.0 Å². The fourth-order valence-electron chi connectivity index (χ4n) is 2.82. The molecule has 0 aromatic heterocycles. The van der Waals surface area contributed by atoms with Gasteiger partial charge >= 0.3 is 0 Å². The number of piperazine rings is 1. The van der Waals surface area contributed by atoms with Gasteiger partial charge in [0.05, 0.1) is 5.75 Å². The Labute approximate surface area is 144 Å². The van der Waals surface area contributed by atoms with Crippen LogP contribution in [0.4, 0.5) is 0 Å². The van der Waals surface area contributed by atoms with Crippen molar-refractivity contribution >= 4 is 15.9 Å². The molecule has 2 rings (SSSR count). The minimum Gasteiger partial charge on any atom is -0.333 e. The largest absolute Gasteiger partial charge is 0.333 e. The number of hydrogen-bond acceptors (Lipinski definition) is 4. The molecule has 0 radical (unpaired) electrons. The highest BCUT2D eigenvalue weighted by Gasteiger charge is 2.25. The Kier molecular flexibility index (Phi) is 5.67. The molecule has 1 heterocycles. The van der Waals surface area contributed by atoms with E-state index in [2.05, 4.69) is 10.0 Å². The van der Waals surface area contributed by atoms with Gasteiger partial charge in [-0.05, 0) is 45.4 Å². The average Bonchev–Trinajstić information content (AvgIpc) is 2.44. The SMILES string of the molecule is C[C@@H]1CNCCN1C(=O)c1cccc(CS(=O)(=O)NC(C)(C)C)c1. The Morgan fingerprint density at radius 2 is 2.08 bits per heavy atom. The molecule has 1 aliphatic heterocycles. The summed E-state index contributed by atoms with van der Waals surface area (Å²) in [5.74, 6) is -0.185. The highest BCUT2D eigenvalue weighted by Crippen LogP contribution is 2.15. The molecule has 1 aliphatic rings. The number of hydrogen-bond donors (Lipinski definition) is 2. The lowest BCUT2D eigenvalue weighted by Gasteiger charge is -2.34. The fraction of sp³-hybridized carbons (Fsp3) is 0.588. The summed E-state index contributed by atoms with van der Waals surface area (Å²) >= 11 is 0. The zero-order valence-corrected chi connectivity index (χ0v) is 15.6. The Hall–Kier alpha value is -1.44. The van der Waals surface area contributed by atoms with Gasteiger partial charge in [0.2, 0.25) is 10.0 Å². The molecule has 6 nitrogen and oxygen atoms in total. The standard InChI is InChI=1S/C17H27N3O3S/c1-13-11-18-8-9-20(13)16(21)15-7-5-6-14(10-15)12-24(22,23)19-17(2,3)4/h5-7,10,13,18-19H,8-9,11-12H2,1-4H3/t13-/m1/s1. The summed E-state index contributed by atoms with van der Waals surface area (Å²) in [6.07, 6.45) is 0. The summed E-state index contributed by atoms with van der Waals surface area (Å²) in [5, 5.41) is 3.25. The lowest BCUT2D eigenvalue weighted by Crippen LogP contribution is -2.52. The molecule has 1 aromatic rings. The van der Waals surface area contributed by atoms with Crippen LogP contribution in [0, 0.1) is 0 Å². The first-order valence-electron chi connectivity index (χ1n) is 8.20. The number of nitrogens with zero attached hydrogens (tertiary/aromatic N) is 1. The Morgan fingerprint density at radius 1 is 1.38 bits per heavy atom. The Morgan fingerprint density at radius 3 is 2.71 bits per heavy atom. The molecule has 134 valence electrons. The molecule has 1 fully saturated rings. The van der Waals surface area contributed by atoms with E-state index in [-0.39, 0.29) is 17.7 Å². The predicted molar refractivity (Wildman–Crippen MR) is 95.3 cm³/mol. The van der Waals surface area contributed by atoms with Crippen LogP contribution >= 0.6 is 0 Å². The van der Waals surface area contributed by atoms with Gasteiger partial charge in [0.1, 0.15) is 0 Å². The summed E-state index contributed by atoms with van der Waals surface area (Å²) in [5.41, 5.74) is 0.621. The molecule has 0 aliphatic carbocycles. The maximum Gasteiger partial charge on any atom is 0.254 e. The minimum atomic E-state index is -3.46. The average molecular weight is 353 g/mol. The highest BCUT2D eigenvalue weighted by atomic mass is 32.2. The van der Waals surface area contributed by atoms with Crippen molar-refractivity contribution in [1.29, 1.82) is 0 Å². The maximum absolute atomic E-state index is 12.7. The van der Waals surface area contributed by atoms with E-state index < -0.39 is 15.6 Å². The molecule has 24 heavy (non-hydrogen) atoms. The van der Waals surface area contributed by atoms with Crippen LogP contribution in [0.15, 0.2) is 24.3 Å². The van der Waals surface area contributed by atoms with Crippen molar-refractivity contribution < 1.29 is 13.2 Å². The van der Waals surface area contributed by atoms with Gasteiger partial charge in [-0.25, -0.2) is 13.1 Å². The van der Waals surface area contributed by atoms with E-state index in [9.17, 15) is 13.2 Å². The molecule has 0 bridgehead atoms. The van der Waals surface area contributed by atoms with Crippen LogP contribution in [-0.2, 0) is 15.8 Å². The van der Waals surface area contributed by atoms with Gasteiger partial charge < -0.3 is 10.2 Å². The quantitative estimate of drug-likeness (QED) is 0.856. The number of amides is 1. The molecule has 0 spiro atoms. The van der Waals surface area contributed by atoms with E-state index >= 15 is 0 Å². The zero-order chi connectivity index (χ0) is 18.0. The van der Waals surface area contributed by atoms with Crippen LogP contribution in [0.3, 0.4) is 0 Å². The second-order valence-electron chi connectivity index (χ2n) is 7.36. The van der Waals surface area contributed by atoms with E-state index in [1.807, 2.05) is 11.8 Å². The van der Waals surface area contributed by atoms with Gasteiger partial charge in [0.25, 0.3) is 5.91 Å². The summed E-state index contributed by atoms with van der Waals surface area (Å²) in [6, 6.07) is 7.02. The van der Waals surface area contributed by atoms with Crippen molar-refractivity contribution in [2.75, 3.05) is 19.6 Å². The van der Waals surface area contributed by atoms with Gasteiger partial charge in [-0.3, -0.25) is 4.79 Å². The van der Waals surface area contributed by atoms with Gasteiger partial charge in [-0.2, -0.15) is 0 Å². The van der Waals surface area contributed by atoms with Crippen LogP contribution < -0.4 is 10.0 Å². The molecule has 2 N–H and O–H groups in total. The second-order valence-corrected chi connectivity index (χ2v) is 9.09. The maximum atomic E-state index is 12.7. The number of nitrogens with one attached hydrogen (secondary N) is 2. The molecule has 1 amide bonds. The first-order chi connectivity index (χ1) is 11.1. The van der Waals surface area contributed by atoms with Gasteiger partial charge in [0, 0.05) is 36.8 Å². The topological polar surface area (TPSA) is 78.5 Å². The lowest BCUT2D eigenvalue weighted by atomic mass is 10.1. The highest BCUT2D eigenvalue weighted by molar-refractivity contribution is 7.88. The van der Waals surface area contributed by atoms with Crippen LogP contribution in [0.25, 0.3) is 0 Å². The van der Waals surface area contributed by atoms with Crippen LogP contribution in [-0.4, -0.2) is 50.4 Å². The molecule has 0 unspecified atom stereocenters. The molecule has 0 saturated carbocycles. The van der Waals surface area contributed by atoms with E-state index in [4.69, 9.17) is 0 Å². The summed E-state index contributed by atoms with van der Waals surface area (Å²) in [6.45, 7) is 9.62. The summed E-state index contributed by atoms with van der Waals surface area (Å²) in [7, 11) is -3.46. The summed E-state index contributed by atoms with van der Waals surface area (Å²) in [4.78, 5) is 14.5. The third-order valence-corrected chi connectivity index (χ3v) is 5.39. The smallest absolute Gasteiger partial charge is 0.254 e.